The van der Waals surface area contributed by atoms with E-state index >= 15 is 0 Å². The Bertz CT molecular complexity index is 596. The summed E-state index contributed by atoms with van der Waals surface area (Å²) in [7, 11) is -0.426. The summed E-state index contributed by atoms with van der Waals surface area (Å²) in [5, 5.41) is 13.3. The Morgan fingerprint density at radius 2 is 1.95 bits per heavy atom. The van der Waals surface area contributed by atoms with Gasteiger partial charge in [-0.3, -0.25) is 0 Å². The zero-order chi connectivity index (χ0) is 14.5. The van der Waals surface area contributed by atoms with Gasteiger partial charge < -0.3 is 9.31 Å². The molecule has 0 bridgehead atoms. The van der Waals surface area contributed by atoms with Crippen molar-refractivity contribution in [2.45, 2.75) is 45.3 Å². The van der Waals surface area contributed by atoms with Crippen LogP contribution in [-0.4, -0.2) is 29.2 Å². The fourth-order valence-corrected chi connectivity index (χ4v) is 2.43. The van der Waals surface area contributed by atoms with E-state index in [2.05, 4.69) is 11.2 Å². The van der Waals surface area contributed by atoms with Crippen LogP contribution in [0.5, 0.6) is 0 Å². The molecule has 1 saturated heterocycles. The molecule has 20 heavy (non-hydrogen) atoms. The van der Waals surface area contributed by atoms with E-state index in [0.717, 1.165) is 11.3 Å². The molecule has 0 aromatic carbocycles. The van der Waals surface area contributed by atoms with Crippen LogP contribution in [0.1, 0.15) is 33.4 Å². The van der Waals surface area contributed by atoms with E-state index in [1.807, 2.05) is 44.5 Å². The van der Waals surface area contributed by atoms with Crippen LogP contribution in [0.3, 0.4) is 0 Å². The van der Waals surface area contributed by atoms with Crippen LogP contribution >= 0.6 is 0 Å². The molecule has 1 atom stereocenters. The van der Waals surface area contributed by atoms with Gasteiger partial charge in [0.1, 0.15) is 0 Å². The molecule has 2 aliphatic heterocycles. The van der Waals surface area contributed by atoms with Crippen molar-refractivity contribution in [3.05, 3.63) is 17.8 Å². The van der Waals surface area contributed by atoms with E-state index < -0.39 is 7.12 Å². The SMILES string of the molecule is CC1(C)OB(c2ccc3n2N=CC(C#N)C3)OC1(C)C. The molecule has 0 amide bonds. The largest absolute Gasteiger partial charge is 0.514 e. The van der Waals surface area contributed by atoms with Gasteiger partial charge in [0.05, 0.1) is 28.8 Å². The molecule has 1 aromatic rings. The first-order valence-electron chi connectivity index (χ1n) is 6.84. The van der Waals surface area contributed by atoms with Gasteiger partial charge in [-0.2, -0.15) is 10.4 Å². The van der Waals surface area contributed by atoms with Crippen molar-refractivity contribution in [3.63, 3.8) is 0 Å². The smallest absolute Gasteiger partial charge is 0.398 e. The monoisotopic (exact) mass is 271 g/mol. The number of hydrogen-bond acceptors (Lipinski definition) is 4. The van der Waals surface area contributed by atoms with Crippen LogP contribution in [-0.2, 0) is 15.7 Å². The van der Waals surface area contributed by atoms with Crippen molar-refractivity contribution in [3.8, 4) is 6.07 Å². The molecule has 3 heterocycles. The van der Waals surface area contributed by atoms with E-state index in [1.165, 1.54) is 0 Å². The van der Waals surface area contributed by atoms with Gasteiger partial charge in [-0.05, 0) is 39.8 Å². The van der Waals surface area contributed by atoms with Crippen molar-refractivity contribution in [1.29, 1.82) is 5.26 Å². The second kappa shape index (κ2) is 4.21. The summed E-state index contributed by atoms with van der Waals surface area (Å²) in [5.74, 6) is -0.149. The minimum Gasteiger partial charge on any atom is -0.398 e. The molecule has 5 nitrogen and oxygen atoms in total. The minimum atomic E-state index is -0.426. The van der Waals surface area contributed by atoms with E-state index in [4.69, 9.17) is 14.6 Å². The highest BCUT2D eigenvalue weighted by atomic mass is 16.7. The quantitative estimate of drug-likeness (QED) is 0.724. The van der Waals surface area contributed by atoms with Gasteiger partial charge in [0.15, 0.2) is 0 Å². The number of aromatic nitrogens is 1. The Morgan fingerprint density at radius 1 is 1.30 bits per heavy atom. The second-order valence-electron chi connectivity index (χ2n) is 6.35. The van der Waals surface area contributed by atoms with Crippen LogP contribution in [0.2, 0.25) is 0 Å². The highest BCUT2D eigenvalue weighted by Crippen LogP contribution is 2.36. The molecule has 0 spiro atoms. The normalized spacial score (nSPS) is 26.4. The summed E-state index contributed by atoms with van der Waals surface area (Å²) in [6.45, 7) is 8.12. The Balaban J connectivity index is 1.92. The fourth-order valence-electron chi connectivity index (χ4n) is 2.43. The van der Waals surface area contributed by atoms with Gasteiger partial charge in [0.2, 0.25) is 0 Å². The Labute approximate surface area is 119 Å². The second-order valence-corrected chi connectivity index (χ2v) is 6.35. The highest BCUT2D eigenvalue weighted by molar-refractivity contribution is 6.61. The third-order valence-electron chi connectivity index (χ3n) is 4.41. The van der Waals surface area contributed by atoms with Crippen molar-refractivity contribution in [2.75, 3.05) is 0 Å². The third kappa shape index (κ3) is 1.89. The molecule has 6 heteroatoms. The van der Waals surface area contributed by atoms with Crippen molar-refractivity contribution in [2.24, 2.45) is 11.0 Å². The predicted molar refractivity (Wildman–Crippen MR) is 76.8 cm³/mol. The minimum absolute atomic E-state index is 0.149. The van der Waals surface area contributed by atoms with Gasteiger partial charge >= 0.3 is 7.12 Å². The lowest BCUT2D eigenvalue weighted by Crippen LogP contribution is -2.41. The number of nitriles is 1. The van der Waals surface area contributed by atoms with Crippen LogP contribution in [0.15, 0.2) is 17.2 Å². The molecular weight excluding hydrogens is 253 g/mol. The molecule has 104 valence electrons. The summed E-state index contributed by atoms with van der Waals surface area (Å²) < 4.78 is 13.9. The maximum atomic E-state index is 8.97. The topological polar surface area (TPSA) is 59.5 Å². The van der Waals surface area contributed by atoms with Gasteiger partial charge in [0.25, 0.3) is 0 Å². The van der Waals surface area contributed by atoms with E-state index in [1.54, 1.807) is 6.21 Å². The average Bonchev–Trinajstić information content (AvgIpc) is 2.87. The maximum Gasteiger partial charge on any atom is 0.514 e. The molecule has 0 saturated carbocycles. The van der Waals surface area contributed by atoms with Crippen LogP contribution in [0, 0.1) is 17.2 Å². The molecule has 2 aliphatic rings. The van der Waals surface area contributed by atoms with Crippen molar-refractivity contribution >= 4 is 18.9 Å². The molecule has 0 N–H and O–H groups in total. The third-order valence-corrected chi connectivity index (χ3v) is 4.41. The molecule has 3 rings (SSSR count). The van der Waals surface area contributed by atoms with Gasteiger partial charge in [0, 0.05) is 18.3 Å². The van der Waals surface area contributed by atoms with Crippen LogP contribution in [0.4, 0.5) is 0 Å². The van der Waals surface area contributed by atoms with Crippen LogP contribution < -0.4 is 5.59 Å². The van der Waals surface area contributed by atoms with Gasteiger partial charge in [-0.1, -0.05) is 0 Å². The summed E-state index contributed by atoms with van der Waals surface area (Å²) >= 11 is 0. The Kier molecular flexibility index (Phi) is 2.82. The molecular formula is C14H18BN3O2. The fraction of sp³-hybridized carbons (Fsp3) is 0.571. The lowest BCUT2D eigenvalue weighted by atomic mass is 9.85. The van der Waals surface area contributed by atoms with Gasteiger partial charge in [-0.15, -0.1) is 0 Å². The summed E-state index contributed by atoms with van der Waals surface area (Å²) in [5.41, 5.74) is 1.17. The van der Waals surface area contributed by atoms with Crippen LogP contribution in [0.25, 0.3) is 0 Å². The Hall–Kier alpha value is -1.58. The number of fused-ring (bicyclic) bond motifs is 1. The van der Waals surface area contributed by atoms with E-state index in [9.17, 15) is 0 Å². The molecule has 1 aromatic heterocycles. The number of hydrogen-bond donors (Lipinski definition) is 0. The average molecular weight is 271 g/mol. The van der Waals surface area contributed by atoms with Crippen molar-refractivity contribution in [1.82, 2.24) is 4.68 Å². The highest BCUT2D eigenvalue weighted by Gasteiger charge is 2.53. The predicted octanol–water partition coefficient (Wildman–Crippen LogP) is 1.32. The first kappa shape index (κ1) is 13.4. The number of rotatable bonds is 1. The number of nitrogens with zero attached hydrogens (tertiary/aromatic N) is 3. The molecule has 1 unspecified atom stereocenters. The van der Waals surface area contributed by atoms with Crippen molar-refractivity contribution < 1.29 is 9.31 Å². The van der Waals surface area contributed by atoms with Gasteiger partial charge in [-0.25, -0.2) is 4.68 Å². The molecule has 0 radical (unpaired) electrons. The summed E-state index contributed by atoms with van der Waals surface area (Å²) in [6.07, 6.45) is 2.36. The Morgan fingerprint density at radius 3 is 2.55 bits per heavy atom. The molecule has 1 fully saturated rings. The lowest BCUT2D eigenvalue weighted by Gasteiger charge is -2.32. The standard InChI is InChI=1S/C14H18BN3O2/c1-13(2)14(3,4)20-15(19-13)12-6-5-11-7-10(8-16)9-17-18(11)12/h5-6,9-10H,7H2,1-4H3. The lowest BCUT2D eigenvalue weighted by molar-refractivity contribution is 0.00578. The first-order valence-corrected chi connectivity index (χ1v) is 6.84. The molecule has 0 aliphatic carbocycles. The summed E-state index contributed by atoms with van der Waals surface area (Å²) in [4.78, 5) is 0. The van der Waals surface area contributed by atoms with E-state index in [-0.39, 0.29) is 17.1 Å². The zero-order valence-electron chi connectivity index (χ0n) is 12.3. The summed E-state index contributed by atoms with van der Waals surface area (Å²) in [6, 6.07) is 6.18. The first-order chi connectivity index (χ1) is 9.34. The van der Waals surface area contributed by atoms with E-state index in [0.29, 0.717) is 6.42 Å². The maximum absolute atomic E-state index is 8.97. The zero-order valence-corrected chi connectivity index (χ0v) is 12.3.